The number of H-pyrrole nitrogens is 1. The smallest absolute Gasteiger partial charge is 0.326 e. The topological polar surface area (TPSA) is 97.0 Å². The third-order valence-electron chi connectivity index (χ3n) is 4.77. The fraction of sp³-hybridized carbons (Fsp3) is 0.412. The number of fused-ring (bicyclic) bond motifs is 1. The second-order valence-corrected chi connectivity index (χ2v) is 6.48. The molecule has 1 aromatic carbocycles. The van der Waals surface area contributed by atoms with E-state index in [1.165, 1.54) is 4.57 Å². The molecule has 0 radical (unpaired) electrons. The lowest BCUT2D eigenvalue weighted by atomic mass is 9.96. The van der Waals surface area contributed by atoms with Gasteiger partial charge in [-0.15, -0.1) is 0 Å². The molecule has 8 heteroatoms. The van der Waals surface area contributed by atoms with Crippen LogP contribution in [0.3, 0.4) is 0 Å². The Kier molecular flexibility index (Phi) is 3.67. The van der Waals surface area contributed by atoms with Crippen molar-refractivity contribution in [1.82, 2.24) is 24.6 Å². The van der Waals surface area contributed by atoms with Gasteiger partial charge in [-0.1, -0.05) is 5.16 Å². The Balaban J connectivity index is 1.58. The lowest BCUT2D eigenvalue weighted by Gasteiger charge is -2.31. The van der Waals surface area contributed by atoms with Crippen LogP contribution >= 0.6 is 0 Å². The number of amides is 1. The first-order valence-corrected chi connectivity index (χ1v) is 8.31. The lowest BCUT2D eigenvalue weighted by Crippen LogP contribution is -2.39. The summed E-state index contributed by atoms with van der Waals surface area (Å²) in [6, 6.07) is 5.30. The summed E-state index contributed by atoms with van der Waals surface area (Å²) in [7, 11) is 1.70. The molecule has 1 aliphatic heterocycles. The largest absolute Gasteiger partial charge is 0.340 e. The minimum atomic E-state index is -0.190. The molecule has 3 heterocycles. The molecule has 4 rings (SSSR count). The third-order valence-corrected chi connectivity index (χ3v) is 4.77. The van der Waals surface area contributed by atoms with Gasteiger partial charge in [-0.3, -0.25) is 9.36 Å². The molecule has 1 atom stereocenters. The highest BCUT2D eigenvalue weighted by molar-refractivity contribution is 5.97. The number of nitrogens with one attached hydrogen (secondary N) is 1. The second-order valence-electron chi connectivity index (χ2n) is 6.48. The quantitative estimate of drug-likeness (QED) is 0.763. The van der Waals surface area contributed by atoms with Crippen molar-refractivity contribution in [3.63, 3.8) is 0 Å². The van der Waals surface area contributed by atoms with E-state index in [1.807, 2.05) is 4.90 Å². The van der Waals surface area contributed by atoms with E-state index < -0.39 is 0 Å². The van der Waals surface area contributed by atoms with E-state index in [0.29, 0.717) is 35.9 Å². The number of aromatic amines is 1. The van der Waals surface area contributed by atoms with Crippen LogP contribution in [-0.4, -0.2) is 43.6 Å². The van der Waals surface area contributed by atoms with Gasteiger partial charge in [-0.2, -0.15) is 4.98 Å². The number of imidazole rings is 1. The number of carbonyl (C=O) groups is 1. The van der Waals surface area contributed by atoms with Crippen LogP contribution in [0.25, 0.3) is 11.0 Å². The molecule has 1 unspecified atom stereocenters. The number of benzene rings is 1. The van der Waals surface area contributed by atoms with Crippen LogP contribution in [0, 0.1) is 6.92 Å². The van der Waals surface area contributed by atoms with Crippen LogP contribution in [0.5, 0.6) is 0 Å². The summed E-state index contributed by atoms with van der Waals surface area (Å²) >= 11 is 0. The first-order valence-electron chi connectivity index (χ1n) is 8.31. The molecule has 25 heavy (non-hydrogen) atoms. The Labute approximate surface area is 143 Å². The van der Waals surface area contributed by atoms with Crippen molar-refractivity contribution >= 4 is 16.9 Å². The summed E-state index contributed by atoms with van der Waals surface area (Å²) in [6.45, 7) is 3.04. The van der Waals surface area contributed by atoms with E-state index in [0.717, 1.165) is 18.4 Å². The van der Waals surface area contributed by atoms with Gasteiger partial charge < -0.3 is 14.4 Å². The van der Waals surface area contributed by atoms with Gasteiger partial charge in [-0.25, -0.2) is 4.79 Å². The summed E-state index contributed by atoms with van der Waals surface area (Å²) in [5.74, 6) is 1.25. The zero-order chi connectivity index (χ0) is 17.6. The zero-order valence-electron chi connectivity index (χ0n) is 14.2. The number of hydrogen-bond acceptors (Lipinski definition) is 5. The second kappa shape index (κ2) is 5.87. The summed E-state index contributed by atoms with van der Waals surface area (Å²) in [6.07, 6.45) is 1.84. The maximum Gasteiger partial charge on any atom is 0.326 e. The molecular formula is C17H19N5O3. The Morgan fingerprint density at radius 3 is 3.00 bits per heavy atom. The molecule has 0 aliphatic carbocycles. The van der Waals surface area contributed by atoms with Gasteiger partial charge in [0.2, 0.25) is 5.89 Å². The van der Waals surface area contributed by atoms with Crippen molar-refractivity contribution in [3.05, 3.63) is 46.0 Å². The minimum Gasteiger partial charge on any atom is -0.340 e. The molecule has 0 saturated carbocycles. The van der Waals surface area contributed by atoms with E-state index >= 15 is 0 Å². The highest BCUT2D eigenvalue weighted by atomic mass is 16.5. The number of piperidine rings is 1. The number of likely N-dealkylation sites (tertiary alicyclic amines) is 1. The van der Waals surface area contributed by atoms with Gasteiger partial charge in [0.05, 0.1) is 11.0 Å². The summed E-state index contributed by atoms with van der Waals surface area (Å²) in [5.41, 5.74) is 1.82. The summed E-state index contributed by atoms with van der Waals surface area (Å²) < 4.78 is 6.59. The number of hydrogen-bond donors (Lipinski definition) is 1. The molecular weight excluding hydrogens is 322 g/mol. The molecule has 1 fully saturated rings. The Morgan fingerprint density at radius 2 is 2.24 bits per heavy atom. The van der Waals surface area contributed by atoms with Crippen LogP contribution in [0.1, 0.15) is 40.8 Å². The maximum absolute atomic E-state index is 12.9. The van der Waals surface area contributed by atoms with Crippen LogP contribution in [-0.2, 0) is 7.05 Å². The fourth-order valence-corrected chi connectivity index (χ4v) is 3.41. The molecule has 130 valence electrons. The van der Waals surface area contributed by atoms with Crippen LogP contribution in [0.15, 0.2) is 27.5 Å². The Hall–Kier alpha value is -2.90. The van der Waals surface area contributed by atoms with Gasteiger partial charge in [0.15, 0.2) is 5.82 Å². The predicted octanol–water partition coefficient (Wildman–Crippen LogP) is 1.58. The summed E-state index contributed by atoms with van der Waals surface area (Å²) in [5, 5.41) is 3.99. The minimum absolute atomic E-state index is 0.0449. The number of aromatic nitrogens is 4. The summed E-state index contributed by atoms with van der Waals surface area (Å²) in [4.78, 5) is 33.5. The van der Waals surface area contributed by atoms with Gasteiger partial charge in [0.1, 0.15) is 0 Å². The maximum atomic E-state index is 12.9. The van der Waals surface area contributed by atoms with Crippen LogP contribution < -0.4 is 5.69 Å². The lowest BCUT2D eigenvalue weighted by molar-refractivity contribution is 0.0703. The first kappa shape index (κ1) is 15.6. The standard InChI is InChI=1S/C17H19N5O3/c1-10-18-15(20-25-10)12-4-3-7-22(9-12)16(23)11-5-6-14-13(8-11)19-17(24)21(14)2/h5-6,8,12H,3-4,7,9H2,1-2H3,(H,19,24). The van der Waals surface area contributed by atoms with E-state index in [2.05, 4.69) is 15.1 Å². The number of aryl methyl sites for hydroxylation is 2. The molecule has 1 aliphatic rings. The molecule has 1 amide bonds. The highest BCUT2D eigenvalue weighted by Crippen LogP contribution is 2.26. The van der Waals surface area contributed by atoms with Crippen molar-refractivity contribution in [2.45, 2.75) is 25.7 Å². The third kappa shape index (κ3) is 2.73. The van der Waals surface area contributed by atoms with Crippen LogP contribution in [0.4, 0.5) is 0 Å². The van der Waals surface area contributed by atoms with Crippen molar-refractivity contribution in [1.29, 1.82) is 0 Å². The fourth-order valence-electron chi connectivity index (χ4n) is 3.41. The van der Waals surface area contributed by atoms with Gasteiger partial charge in [-0.05, 0) is 31.0 Å². The van der Waals surface area contributed by atoms with E-state index in [1.54, 1.807) is 32.2 Å². The number of rotatable bonds is 2. The number of nitrogens with zero attached hydrogens (tertiary/aromatic N) is 4. The molecule has 8 nitrogen and oxygen atoms in total. The zero-order valence-corrected chi connectivity index (χ0v) is 14.2. The van der Waals surface area contributed by atoms with Crippen molar-refractivity contribution in [2.24, 2.45) is 7.05 Å². The average Bonchev–Trinajstić information content (AvgIpc) is 3.18. The highest BCUT2D eigenvalue weighted by Gasteiger charge is 2.28. The van der Waals surface area contributed by atoms with E-state index in [4.69, 9.17) is 4.52 Å². The molecule has 0 bridgehead atoms. The number of carbonyl (C=O) groups excluding carboxylic acids is 1. The van der Waals surface area contributed by atoms with Gasteiger partial charge >= 0.3 is 5.69 Å². The van der Waals surface area contributed by atoms with E-state index in [9.17, 15) is 9.59 Å². The SMILES string of the molecule is Cc1nc(C2CCCN(C(=O)c3ccc4c(c3)[nH]c(=O)n4C)C2)no1. The van der Waals surface area contributed by atoms with Crippen molar-refractivity contribution in [2.75, 3.05) is 13.1 Å². The van der Waals surface area contributed by atoms with Gasteiger partial charge in [0.25, 0.3) is 5.91 Å². The molecule has 2 aromatic heterocycles. The Bertz CT molecular complexity index is 999. The molecule has 1 saturated heterocycles. The monoisotopic (exact) mass is 341 g/mol. The molecule has 1 N–H and O–H groups in total. The van der Waals surface area contributed by atoms with E-state index in [-0.39, 0.29) is 17.5 Å². The van der Waals surface area contributed by atoms with Crippen molar-refractivity contribution in [3.8, 4) is 0 Å². The van der Waals surface area contributed by atoms with Crippen LogP contribution in [0.2, 0.25) is 0 Å². The van der Waals surface area contributed by atoms with Gasteiger partial charge in [0, 0.05) is 38.5 Å². The predicted molar refractivity (Wildman–Crippen MR) is 90.5 cm³/mol. The molecule has 3 aromatic rings. The normalized spacial score (nSPS) is 18.0. The molecule has 0 spiro atoms. The van der Waals surface area contributed by atoms with Crippen molar-refractivity contribution < 1.29 is 9.32 Å². The first-order chi connectivity index (χ1) is 12.0. The Morgan fingerprint density at radius 1 is 1.40 bits per heavy atom. The average molecular weight is 341 g/mol.